The van der Waals surface area contributed by atoms with E-state index in [4.69, 9.17) is 9.84 Å². The first-order valence-electron chi connectivity index (χ1n) is 5.82. The van der Waals surface area contributed by atoms with E-state index in [2.05, 4.69) is 4.90 Å². The van der Waals surface area contributed by atoms with Crippen molar-refractivity contribution in [3.05, 3.63) is 0 Å². The van der Waals surface area contributed by atoms with Crippen LogP contribution < -0.4 is 0 Å². The van der Waals surface area contributed by atoms with Crippen molar-refractivity contribution in [2.24, 2.45) is 5.92 Å². The predicted molar refractivity (Wildman–Crippen MR) is 55.8 cm³/mol. The summed E-state index contributed by atoms with van der Waals surface area (Å²) in [6.45, 7) is 3.72. The maximum atomic E-state index is 10.8. The highest BCUT2D eigenvalue weighted by molar-refractivity contribution is 5.70. The molecule has 2 saturated heterocycles. The second kappa shape index (κ2) is 4.94. The lowest BCUT2D eigenvalue weighted by Gasteiger charge is -2.31. The lowest BCUT2D eigenvalue weighted by atomic mass is 9.97. The predicted octanol–water partition coefficient (Wildman–Crippen LogP) is 0.962. The van der Waals surface area contributed by atoms with Crippen molar-refractivity contribution in [2.75, 3.05) is 26.2 Å². The molecular weight excluding hydrogens is 194 g/mol. The Bertz CT molecular complexity index is 218. The van der Waals surface area contributed by atoms with Gasteiger partial charge in [-0.2, -0.15) is 0 Å². The van der Waals surface area contributed by atoms with E-state index in [1.54, 1.807) is 0 Å². The van der Waals surface area contributed by atoms with Crippen molar-refractivity contribution in [2.45, 2.75) is 31.8 Å². The van der Waals surface area contributed by atoms with Gasteiger partial charge in [0.1, 0.15) is 0 Å². The van der Waals surface area contributed by atoms with E-state index in [0.717, 1.165) is 39.1 Å². The lowest BCUT2D eigenvalue weighted by molar-refractivity contribution is -0.143. The van der Waals surface area contributed by atoms with E-state index in [1.807, 2.05) is 0 Å². The average Bonchev–Trinajstić information content (AvgIpc) is 2.71. The molecule has 86 valence electrons. The zero-order valence-corrected chi connectivity index (χ0v) is 9.02. The van der Waals surface area contributed by atoms with Gasteiger partial charge in [0.05, 0.1) is 12.0 Å². The number of carbonyl (C=O) groups is 1. The highest BCUT2D eigenvalue weighted by Gasteiger charge is 2.26. The molecule has 0 aliphatic carbocycles. The molecule has 0 amide bonds. The molecule has 0 saturated carbocycles. The number of aliphatic carboxylic acids is 1. The first kappa shape index (κ1) is 10.9. The molecule has 1 atom stereocenters. The van der Waals surface area contributed by atoms with Crippen molar-refractivity contribution >= 4 is 5.97 Å². The van der Waals surface area contributed by atoms with Crippen molar-refractivity contribution in [3.8, 4) is 0 Å². The smallest absolute Gasteiger partial charge is 0.306 e. The number of hydrogen-bond acceptors (Lipinski definition) is 3. The Hall–Kier alpha value is -0.610. The van der Waals surface area contributed by atoms with Crippen LogP contribution in [0.1, 0.15) is 25.7 Å². The summed E-state index contributed by atoms with van der Waals surface area (Å²) in [4.78, 5) is 13.1. The molecule has 4 nitrogen and oxygen atoms in total. The maximum Gasteiger partial charge on any atom is 0.306 e. The number of carboxylic acid groups (broad SMARTS) is 1. The summed E-state index contributed by atoms with van der Waals surface area (Å²) < 4.78 is 5.57. The summed E-state index contributed by atoms with van der Waals surface area (Å²) >= 11 is 0. The Kier molecular flexibility index (Phi) is 3.59. The number of ether oxygens (including phenoxy) is 1. The van der Waals surface area contributed by atoms with Gasteiger partial charge in [0, 0.05) is 13.2 Å². The van der Waals surface area contributed by atoms with Gasteiger partial charge in [-0.05, 0) is 38.8 Å². The van der Waals surface area contributed by atoms with Crippen LogP contribution in [0.2, 0.25) is 0 Å². The number of rotatable bonds is 3. The fourth-order valence-corrected chi connectivity index (χ4v) is 2.44. The molecule has 2 heterocycles. The summed E-state index contributed by atoms with van der Waals surface area (Å²) in [5.41, 5.74) is 0. The average molecular weight is 213 g/mol. The highest BCUT2D eigenvalue weighted by Crippen LogP contribution is 2.20. The molecule has 0 radical (unpaired) electrons. The Labute approximate surface area is 90.2 Å². The lowest BCUT2D eigenvalue weighted by Crippen LogP contribution is -2.40. The van der Waals surface area contributed by atoms with Crippen LogP contribution in [0.25, 0.3) is 0 Å². The molecular formula is C11H19NO3. The van der Waals surface area contributed by atoms with Crippen LogP contribution in [-0.4, -0.2) is 48.3 Å². The molecule has 1 unspecified atom stereocenters. The molecule has 0 bridgehead atoms. The Morgan fingerprint density at radius 1 is 1.33 bits per heavy atom. The summed E-state index contributed by atoms with van der Waals surface area (Å²) in [7, 11) is 0. The standard InChI is InChI=1S/C11H19NO3/c13-11(14)9-3-5-12(6-4-9)8-10-2-1-7-15-10/h9-10H,1-8H2,(H,13,14). The SMILES string of the molecule is O=C(O)C1CCN(CC2CCCO2)CC1. The molecule has 0 spiro atoms. The minimum Gasteiger partial charge on any atom is -0.481 e. The van der Waals surface area contributed by atoms with Gasteiger partial charge < -0.3 is 14.7 Å². The Morgan fingerprint density at radius 3 is 2.60 bits per heavy atom. The van der Waals surface area contributed by atoms with Crippen LogP contribution >= 0.6 is 0 Å². The molecule has 2 fully saturated rings. The molecule has 2 aliphatic heterocycles. The first-order chi connectivity index (χ1) is 7.25. The van der Waals surface area contributed by atoms with Gasteiger partial charge in [0.25, 0.3) is 0 Å². The van der Waals surface area contributed by atoms with Crippen LogP contribution in [0.15, 0.2) is 0 Å². The second-order valence-corrected chi connectivity index (χ2v) is 4.55. The summed E-state index contributed by atoms with van der Waals surface area (Å²) in [6.07, 6.45) is 4.32. The zero-order chi connectivity index (χ0) is 10.7. The van der Waals surface area contributed by atoms with E-state index in [0.29, 0.717) is 6.10 Å². The summed E-state index contributed by atoms with van der Waals surface area (Å²) in [5.74, 6) is -0.752. The van der Waals surface area contributed by atoms with Gasteiger partial charge in [0.15, 0.2) is 0 Å². The maximum absolute atomic E-state index is 10.8. The van der Waals surface area contributed by atoms with E-state index in [9.17, 15) is 4.79 Å². The van der Waals surface area contributed by atoms with Gasteiger partial charge in [-0.25, -0.2) is 0 Å². The minimum atomic E-state index is -0.633. The van der Waals surface area contributed by atoms with Crippen molar-refractivity contribution in [1.29, 1.82) is 0 Å². The summed E-state index contributed by atoms with van der Waals surface area (Å²) in [5, 5.41) is 8.87. The molecule has 1 N–H and O–H groups in total. The number of hydrogen-bond donors (Lipinski definition) is 1. The topological polar surface area (TPSA) is 49.8 Å². The number of nitrogens with zero attached hydrogens (tertiary/aromatic N) is 1. The van der Waals surface area contributed by atoms with E-state index in [1.165, 1.54) is 12.8 Å². The number of piperidine rings is 1. The largest absolute Gasteiger partial charge is 0.481 e. The van der Waals surface area contributed by atoms with E-state index >= 15 is 0 Å². The third-order valence-corrected chi connectivity index (χ3v) is 3.42. The number of likely N-dealkylation sites (tertiary alicyclic amines) is 1. The molecule has 15 heavy (non-hydrogen) atoms. The fraction of sp³-hybridized carbons (Fsp3) is 0.909. The first-order valence-corrected chi connectivity index (χ1v) is 5.82. The van der Waals surface area contributed by atoms with Crippen LogP contribution in [0.4, 0.5) is 0 Å². The van der Waals surface area contributed by atoms with Crippen LogP contribution in [0, 0.1) is 5.92 Å². The molecule has 0 aromatic carbocycles. The van der Waals surface area contributed by atoms with Gasteiger partial charge >= 0.3 is 5.97 Å². The molecule has 4 heteroatoms. The molecule has 0 aromatic rings. The number of carboxylic acids is 1. The van der Waals surface area contributed by atoms with Crippen molar-refractivity contribution in [1.82, 2.24) is 4.90 Å². The van der Waals surface area contributed by atoms with Crippen LogP contribution in [-0.2, 0) is 9.53 Å². The molecule has 0 aromatic heterocycles. The zero-order valence-electron chi connectivity index (χ0n) is 9.02. The van der Waals surface area contributed by atoms with Crippen molar-refractivity contribution < 1.29 is 14.6 Å². The fourth-order valence-electron chi connectivity index (χ4n) is 2.44. The van der Waals surface area contributed by atoms with E-state index < -0.39 is 5.97 Å². The van der Waals surface area contributed by atoms with Gasteiger partial charge in [-0.15, -0.1) is 0 Å². The van der Waals surface area contributed by atoms with Crippen LogP contribution in [0.3, 0.4) is 0 Å². The third-order valence-electron chi connectivity index (χ3n) is 3.42. The Balaban J connectivity index is 1.71. The van der Waals surface area contributed by atoms with Crippen LogP contribution in [0.5, 0.6) is 0 Å². The van der Waals surface area contributed by atoms with Gasteiger partial charge in [-0.3, -0.25) is 4.79 Å². The monoisotopic (exact) mass is 213 g/mol. The van der Waals surface area contributed by atoms with Gasteiger partial charge in [-0.1, -0.05) is 0 Å². The van der Waals surface area contributed by atoms with Crippen molar-refractivity contribution in [3.63, 3.8) is 0 Å². The summed E-state index contributed by atoms with van der Waals surface area (Å²) in [6, 6.07) is 0. The second-order valence-electron chi connectivity index (χ2n) is 4.55. The third kappa shape index (κ3) is 2.92. The molecule has 2 rings (SSSR count). The normalized spacial score (nSPS) is 29.5. The Morgan fingerprint density at radius 2 is 2.07 bits per heavy atom. The van der Waals surface area contributed by atoms with Gasteiger partial charge in [0.2, 0.25) is 0 Å². The molecule has 2 aliphatic rings. The quantitative estimate of drug-likeness (QED) is 0.758. The highest BCUT2D eigenvalue weighted by atomic mass is 16.5. The van der Waals surface area contributed by atoms with E-state index in [-0.39, 0.29) is 5.92 Å². The minimum absolute atomic E-state index is 0.120.